The average molecular weight is 439 g/mol. The fourth-order valence-electron chi connectivity index (χ4n) is 3.03. The first-order valence-electron chi connectivity index (χ1n) is 9.71. The summed E-state index contributed by atoms with van der Waals surface area (Å²) in [6, 6.07) is 13.2. The lowest BCUT2D eigenvalue weighted by Gasteiger charge is -2.18. The SMILES string of the molecule is CC(=O)Nc1cc(-c2ccc(Cl)cc2)nn([C@@H](C)C(=O)Nc2cc(C)ccc2C)c1=O. The molecule has 0 unspecified atom stereocenters. The van der Waals surface area contributed by atoms with Gasteiger partial charge < -0.3 is 10.6 Å². The lowest BCUT2D eigenvalue weighted by atomic mass is 10.1. The standard InChI is InChI=1S/C23H23ClN4O3/c1-13-5-6-14(2)19(11-13)26-22(30)15(3)28-23(31)21(25-16(4)29)12-20(27-28)17-7-9-18(24)10-8-17/h5-12,15H,1-4H3,(H,25,29)(H,26,30)/t15-/m0/s1. The Balaban J connectivity index is 2.03. The molecular formula is C23H23ClN4O3. The number of aryl methyl sites for hydroxylation is 2. The molecule has 2 N–H and O–H groups in total. The Hall–Kier alpha value is -3.45. The van der Waals surface area contributed by atoms with Gasteiger partial charge in [0.15, 0.2) is 0 Å². The van der Waals surface area contributed by atoms with Gasteiger partial charge in [-0.15, -0.1) is 0 Å². The molecule has 0 saturated heterocycles. The van der Waals surface area contributed by atoms with Crippen molar-refractivity contribution in [2.75, 3.05) is 10.6 Å². The maximum absolute atomic E-state index is 12.9. The number of amides is 2. The minimum Gasteiger partial charge on any atom is -0.324 e. The largest absolute Gasteiger partial charge is 0.324 e. The molecule has 0 aliphatic carbocycles. The van der Waals surface area contributed by atoms with Crippen LogP contribution in [0.5, 0.6) is 0 Å². The third-order valence-corrected chi connectivity index (χ3v) is 5.03. The zero-order valence-corrected chi connectivity index (χ0v) is 18.4. The van der Waals surface area contributed by atoms with E-state index in [4.69, 9.17) is 11.6 Å². The quantitative estimate of drug-likeness (QED) is 0.619. The zero-order chi connectivity index (χ0) is 22.7. The minimum absolute atomic E-state index is 0.0406. The van der Waals surface area contributed by atoms with Crippen LogP contribution in [0, 0.1) is 13.8 Å². The number of carbonyl (C=O) groups excluding carboxylic acids is 2. The fourth-order valence-corrected chi connectivity index (χ4v) is 3.16. The third kappa shape index (κ3) is 5.19. The Labute approximate surface area is 185 Å². The lowest BCUT2D eigenvalue weighted by molar-refractivity contribution is -0.119. The number of anilines is 2. The molecule has 1 heterocycles. The second-order valence-electron chi connectivity index (χ2n) is 7.36. The Morgan fingerprint density at radius 2 is 1.68 bits per heavy atom. The number of halogens is 1. The highest BCUT2D eigenvalue weighted by Gasteiger charge is 2.21. The number of benzene rings is 2. The summed E-state index contributed by atoms with van der Waals surface area (Å²) in [7, 11) is 0. The summed E-state index contributed by atoms with van der Waals surface area (Å²) in [5.41, 5.74) is 3.15. The van der Waals surface area contributed by atoms with Crippen LogP contribution in [0.2, 0.25) is 5.02 Å². The maximum Gasteiger partial charge on any atom is 0.291 e. The molecule has 0 spiro atoms. The summed E-state index contributed by atoms with van der Waals surface area (Å²) in [5.74, 6) is -0.797. The van der Waals surface area contributed by atoms with Crippen LogP contribution in [0.15, 0.2) is 53.3 Å². The number of rotatable bonds is 5. The molecule has 3 aromatic rings. The van der Waals surface area contributed by atoms with Crippen molar-refractivity contribution < 1.29 is 9.59 Å². The van der Waals surface area contributed by atoms with Crippen molar-refractivity contribution in [3.63, 3.8) is 0 Å². The third-order valence-electron chi connectivity index (χ3n) is 4.78. The van der Waals surface area contributed by atoms with Crippen molar-refractivity contribution in [3.8, 4) is 11.3 Å². The van der Waals surface area contributed by atoms with E-state index in [-0.39, 0.29) is 5.69 Å². The second kappa shape index (κ2) is 9.14. The van der Waals surface area contributed by atoms with E-state index in [1.165, 1.54) is 13.0 Å². The van der Waals surface area contributed by atoms with Crippen LogP contribution in [-0.2, 0) is 9.59 Å². The van der Waals surface area contributed by atoms with Crippen molar-refractivity contribution in [1.82, 2.24) is 9.78 Å². The van der Waals surface area contributed by atoms with E-state index < -0.39 is 23.4 Å². The number of carbonyl (C=O) groups is 2. The molecule has 0 fully saturated rings. The number of nitrogens with zero attached hydrogens (tertiary/aromatic N) is 2. The molecule has 7 nitrogen and oxygen atoms in total. The summed E-state index contributed by atoms with van der Waals surface area (Å²) >= 11 is 5.96. The van der Waals surface area contributed by atoms with Gasteiger partial charge in [0.05, 0.1) is 5.69 Å². The molecule has 1 aromatic heterocycles. The monoisotopic (exact) mass is 438 g/mol. The van der Waals surface area contributed by atoms with Gasteiger partial charge in [0.2, 0.25) is 11.8 Å². The minimum atomic E-state index is -0.924. The van der Waals surface area contributed by atoms with Gasteiger partial charge in [0.25, 0.3) is 5.56 Å². The zero-order valence-electron chi connectivity index (χ0n) is 17.7. The predicted octanol–water partition coefficient (Wildman–Crippen LogP) is 4.34. The van der Waals surface area contributed by atoms with Crippen LogP contribution in [-0.4, -0.2) is 21.6 Å². The van der Waals surface area contributed by atoms with E-state index in [2.05, 4.69) is 15.7 Å². The normalized spacial score (nSPS) is 11.6. The van der Waals surface area contributed by atoms with Gasteiger partial charge in [-0.2, -0.15) is 5.10 Å². The number of hydrogen-bond acceptors (Lipinski definition) is 4. The van der Waals surface area contributed by atoms with Crippen LogP contribution in [0.1, 0.15) is 31.0 Å². The molecule has 0 radical (unpaired) electrons. The summed E-state index contributed by atoms with van der Waals surface area (Å²) in [6.07, 6.45) is 0. The van der Waals surface area contributed by atoms with Crippen molar-refractivity contribution in [2.24, 2.45) is 0 Å². The van der Waals surface area contributed by atoms with E-state index in [1.807, 2.05) is 32.0 Å². The Bertz CT molecular complexity index is 1200. The van der Waals surface area contributed by atoms with Crippen molar-refractivity contribution in [1.29, 1.82) is 0 Å². The topological polar surface area (TPSA) is 93.1 Å². The summed E-state index contributed by atoms with van der Waals surface area (Å²) in [6.45, 7) is 6.71. The van der Waals surface area contributed by atoms with Crippen LogP contribution < -0.4 is 16.2 Å². The second-order valence-corrected chi connectivity index (χ2v) is 7.80. The Morgan fingerprint density at radius 1 is 1.00 bits per heavy atom. The average Bonchev–Trinajstić information content (AvgIpc) is 2.72. The van der Waals surface area contributed by atoms with E-state index in [1.54, 1.807) is 31.2 Å². The molecule has 2 amide bonds. The molecule has 3 rings (SSSR count). The van der Waals surface area contributed by atoms with Gasteiger partial charge in [0.1, 0.15) is 11.7 Å². The van der Waals surface area contributed by atoms with E-state index >= 15 is 0 Å². The molecule has 0 bridgehead atoms. The van der Waals surface area contributed by atoms with Gasteiger partial charge in [-0.25, -0.2) is 4.68 Å². The van der Waals surface area contributed by atoms with Crippen LogP contribution >= 0.6 is 11.6 Å². The summed E-state index contributed by atoms with van der Waals surface area (Å²) < 4.78 is 1.08. The van der Waals surface area contributed by atoms with Crippen molar-refractivity contribution >= 4 is 34.8 Å². The van der Waals surface area contributed by atoms with Gasteiger partial charge in [-0.3, -0.25) is 14.4 Å². The molecule has 0 aliphatic rings. The highest BCUT2D eigenvalue weighted by atomic mass is 35.5. The van der Waals surface area contributed by atoms with Crippen molar-refractivity contribution in [2.45, 2.75) is 33.7 Å². The Kier molecular flexibility index (Phi) is 6.56. The number of aromatic nitrogens is 2. The predicted molar refractivity (Wildman–Crippen MR) is 123 cm³/mol. The fraction of sp³-hybridized carbons (Fsp3) is 0.217. The molecular weight excluding hydrogens is 416 g/mol. The van der Waals surface area contributed by atoms with E-state index in [9.17, 15) is 14.4 Å². The van der Waals surface area contributed by atoms with Gasteiger partial charge >= 0.3 is 0 Å². The molecule has 31 heavy (non-hydrogen) atoms. The molecule has 0 aliphatic heterocycles. The first-order chi connectivity index (χ1) is 14.7. The highest BCUT2D eigenvalue weighted by Crippen LogP contribution is 2.22. The first kappa shape index (κ1) is 22.2. The van der Waals surface area contributed by atoms with Crippen LogP contribution in [0.4, 0.5) is 11.4 Å². The van der Waals surface area contributed by atoms with Crippen LogP contribution in [0.3, 0.4) is 0 Å². The Morgan fingerprint density at radius 3 is 2.32 bits per heavy atom. The molecule has 160 valence electrons. The first-order valence-corrected chi connectivity index (χ1v) is 10.1. The van der Waals surface area contributed by atoms with Gasteiger partial charge in [0, 0.05) is 23.2 Å². The maximum atomic E-state index is 12.9. The molecule has 1 atom stereocenters. The van der Waals surface area contributed by atoms with E-state index in [0.29, 0.717) is 22.0 Å². The lowest BCUT2D eigenvalue weighted by Crippen LogP contribution is -2.35. The smallest absolute Gasteiger partial charge is 0.291 e. The van der Waals surface area contributed by atoms with Crippen LogP contribution in [0.25, 0.3) is 11.3 Å². The summed E-state index contributed by atoms with van der Waals surface area (Å²) in [5, 5.41) is 10.3. The molecule has 8 heteroatoms. The van der Waals surface area contributed by atoms with E-state index in [0.717, 1.165) is 15.8 Å². The molecule has 2 aromatic carbocycles. The number of hydrogen-bond donors (Lipinski definition) is 2. The number of nitrogens with one attached hydrogen (secondary N) is 2. The van der Waals surface area contributed by atoms with Gasteiger partial charge in [-0.05, 0) is 56.2 Å². The molecule has 0 saturated carbocycles. The summed E-state index contributed by atoms with van der Waals surface area (Å²) in [4.78, 5) is 37.5. The van der Waals surface area contributed by atoms with Gasteiger partial charge in [-0.1, -0.05) is 35.9 Å². The van der Waals surface area contributed by atoms with Crippen molar-refractivity contribution in [3.05, 3.63) is 75.0 Å². The highest BCUT2D eigenvalue weighted by molar-refractivity contribution is 6.30.